The molecule has 0 saturated heterocycles. The lowest BCUT2D eigenvalue weighted by molar-refractivity contribution is 0.669. The molecule has 0 aliphatic rings. The van der Waals surface area contributed by atoms with E-state index in [0.717, 1.165) is 72.1 Å². The van der Waals surface area contributed by atoms with E-state index in [2.05, 4.69) is 187 Å². The molecule has 0 N–H and O–H groups in total. The molecular weight excluding hydrogens is 727 g/mol. The van der Waals surface area contributed by atoms with Gasteiger partial charge in [0.25, 0.3) is 0 Å². The SMILES string of the molecule is c1ccc(-c2cc(N(c3ccc4c(c3)oc3ccccc34)c3ccc(-c4ccccc4)c4sc5cc(-c6ccccc6)ccc5c34)c3c(c2)oc2ccccc23)cc1. The molecule has 0 bridgehead atoms. The van der Waals surface area contributed by atoms with Gasteiger partial charge in [0.05, 0.1) is 16.8 Å². The maximum Gasteiger partial charge on any atom is 0.138 e. The summed E-state index contributed by atoms with van der Waals surface area (Å²) in [6.07, 6.45) is 0. The van der Waals surface area contributed by atoms with Crippen molar-refractivity contribution in [2.75, 3.05) is 4.90 Å². The average molecular weight is 760 g/mol. The van der Waals surface area contributed by atoms with Crippen molar-refractivity contribution in [3.8, 4) is 33.4 Å². The summed E-state index contributed by atoms with van der Waals surface area (Å²) in [5.41, 5.74) is 13.6. The van der Waals surface area contributed by atoms with E-state index in [1.165, 1.54) is 42.4 Å². The molecule has 0 fully saturated rings. The smallest absolute Gasteiger partial charge is 0.138 e. The van der Waals surface area contributed by atoms with Gasteiger partial charge in [-0.1, -0.05) is 146 Å². The minimum atomic E-state index is 0.840. The van der Waals surface area contributed by atoms with Crippen LogP contribution >= 0.6 is 11.3 Å². The summed E-state index contributed by atoms with van der Waals surface area (Å²) in [7, 11) is 0. The summed E-state index contributed by atoms with van der Waals surface area (Å²) >= 11 is 1.86. The van der Waals surface area contributed by atoms with E-state index in [1.54, 1.807) is 0 Å². The minimum absolute atomic E-state index is 0.840. The number of para-hydroxylation sites is 2. The summed E-state index contributed by atoms with van der Waals surface area (Å²) in [6.45, 7) is 0. The van der Waals surface area contributed by atoms with Crippen molar-refractivity contribution >= 4 is 92.4 Å². The molecule has 3 nitrogen and oxygen atoms in total. The molecule has 0 saturated carbocycles. The van der Waals surface area contributed by atoms with Crippen LogP contribution in [0.2, 0.25) is 0 Å². The first kappa shape index (κ1) is 32.8. The predicted octanol–water partition coefficient (Wildman–Crippen LogP) is 16.3. The zero-order valence-corrected chi connectivity index (χ0v) is 32.0. The minimum Gasteiger partial charge on any atom is -0.456 e. The zero-order valence-electron chi connectivity index (χ0n) is 31.2. The molecule has 12 rings (SSSR count). The normalized spacial score (nSPS) is 11.8. The topological polar surface area (TPSA) is 29.5 Å². The van der Waals surface area contributed by atoms with E-state index in [1.807, 2.05) is 29.5 Å². The highest BCUT2D eigenvalue weighted by Gasteiger charge is 2.26. The molecule has 3 heterocycles. The van der Waals surface area contributed by atoms with E-state index >= 15 is 0 Å². The van der Waals surface area contributed by atoms with E-state index in [4.69, 9.17) is 8.83 Å². The maximum atomic E-state index is 6.72. The molecule has 12 aromatic rings. The van der Waals surface area contributed by atoms with Crippen molar-refractivity contribution in [2.45, 2.75) is 0 Å². The number of rotatable bonds is 6. The third-order valence-corrected chi connectivity index (χ3v) is 12.6. The number of nitrogens with zero attached hydrogens (tertiary/aromatic N) is 1. The maximum absolute atomic E-state index is 6.72. The number of furan rings is 2. The summed E-state index contributed by atoms with van der Waals surface area (Å²) in [5, 5.41) is 6.76. The van der Waals surface area contributed by atoms with Crippen LogP contribution in [-0.4, -0.2) is 0 Å². The van der Waals surface area contributed by atoms with Crippen molar-refractivity contribution in [2.24, 2.45) is 0 Å². The van der Waals surface area contributed by atoms with Gasteiger partial charge in [0.15, 0.2) is 0 Å². The summed E-state index contributed by atoms with van der Waals surface area (Å²) in [6, 6.07) is 71.4. The van der Waals surface area contributed by atoms with Gasteiger partial charge < -0.3 is 13.7 Å². The van der Waals surface area contributed by atoms with Crippen LogP contribution in [0.4, 0.5) is 17.1 Å². The molecule has 0 aliphatic carbocycles. The standard InChI is InChI=1S/C54H33NO2S/c1-4-14-34(15-5-1)37-24-26-44-51(32-37)58-54-40(36-18-8-3-9-19-36)28-29-45(53(44)54)55(39-25-27-42-41-20-10-12-22-47(41)56-49(42)33-39)46-30-38(35-16-6-2-7-17-35)31-50-52(46)43-21-11-13-23-48(43)57-50/h1-33H. The van der Waals surface area contributed by atoms with Crippen LogP contribution in [0.15, 0.2) is 209 Å². The molecular formula is C54H33NO2S. The number of fused-ring (bicyclic) bond motifs is 9. The van der Waals surface area contributed by atoms with Crippen LogP contribution < -0.4 is 4.90 Å². The van der Waals surface area contributed by atoms with Gasteiger partial charge in [-0.25, -0.2) is 0 Å². The number of hydrogen-bond donors (Lipinski definition) is 0. The molecule has 9 aromatic carbocycles. The lowest BCUT2D eigenvalue weighted by atomic mass is 9.97. The second-order valence-corrected chi connectivity index (χ2v) is 15.9. The van der Waals surface area contributed by atoms with Crippen molar-refractivity contribution < 1.29 is 8.83 Å². The Morgan fingerprint density at radius 1 is 0.345 bits per heavy atom. The van der Waals surface area contributed by atoms with Gasteiger partial charge in [0.2, 0.25) is 0 Å². The van der Waals surface area contributed by atoms with E-state index in [-0.39, 0.29) is 0 Å². The van der Waals surface area contributed by atoms with E-state index in [9.17, 15) is 0 Å². The van der Waals surface area contributed by atoms with Crippen LogP contribution in [0.3, 0.4) is 0 Å². The Balaban J connectivity index is 1.21. The van der Waals surface area contributed by atoms with Crippen molar-refractivity contribution in [1.82, 2.24) is 0 Å². The fourth-order valence-electron chi connectivity index (χ4n) is 8.77. The van der Waals surface area contributed by atoms with E-state index < -0.39 is 0 Å². The van der Waals surface area contributed by atoms with Crippen LogP contribution in [0.25, 0.3) is 97.4 Å². The third kappa shape index (κ3) is 5.19. The second-order valence-electron chi connectivity index (χ2n) is 14.8. The number of anilines is 3. The molecule has 3 aromatic heterocycles. The monoisotopic (exact) mass is 759 g/mol. The quantitative estimate of drug-likeness (QED) is 0.169. The molecule has 0 amide bonds. The van der Waals surface area contributed by atoms with Crippen molar-refractivity contribution in [3.05, 3.63) is 200 Å². The first-order chi connectivity index (χ1) is 28.7. The van der Waals surface area contributed by atoms with Gasteiger partial charge in [-0.15, -0.1) is 11.3 Å². The molecule has 272 valence electrons. The zero-order chi connectivity index (χ0) is 38.2. The highest BCUT2D eigenvalue weighted by atomic mass is 32.1. The summed E-state index contributed by atoms with van der Waals surface area (Å²) in [5.74, 6) is 0. The van der Waals surface area contributed by atoms with Gasteiger partial charge in [-0.3, -0.25) is 0 Å². The molecule has 4 heteroatoms. The Hall–Kier alpha value is -7.40. The van der Waals surface area contributed by atoms with Gasteiger partial charge in [0, 0.05) is 48.1 Å². The fraction of sp³-hybridized carbons (Fsp3) is 0. The third-order valence-electron chi connectivity index (χ3n) is 11.5. The van der Waals surface area contributed by atoms with Crippen LogP contribution in [0.5, 0.6) is 0 Å². The summed E-state index contributed by atoms with van der Waals surface area (Å²) < 4.78 is 15.8. The van der Waals surface area contributed by atoms with Gasteiger partial charge in [0.1, 0.15) is 22.3 Å². The predicted molar refractivity (Wildman–Crippen MR) is 245 cm³/mol. The lowest BCUT2D eigenvalue weighted by Crippen LogP contribution is -2.11. The Bertz CT molecular complexity index is 3510. The number of thiophene rings is 1. The lowest BCUT2D eigenvalue weighted by Gasteiger charge is -2.28. The number of hydrogen-bond acceptors (Lipinski definition) is 4. The molecule has 0 aliphatic heterocycles. The molecule has 58 heavy (non-hydrogen) atoms. The Kier molecular flexibility index (Phi) is 7.40. The molecule has 0 atom stereocenters. The molecule has 0 radical (unpaired) electrons. The second kappa shape index (κ2) is 13.1. The van der Waals surface area contributed by atoms with Crippen LogP contribution in [0, 0.1) is 0 Å². The Morgan fingerprint density at radius 2 is 0.948 bits per heavy atom. The first-order valence-electron chi connectivity index (χ1n) is 19.6. The molecule has 0 unspecified atom stereocenters. The highest BCUT2D eigenvalue weighted by Crippen LogP contribution is 2.52. The number of benzene rings is 9. The largest absolute Gasteiger partial charge is 0.456 e. The Morgan fingerprint density at radius 3 is 1.71 bits per heavy atom. The average Bonchev–Trinajstić information content (AvgIpc) is 3.98. The molecule has 0 spiro atoms. The van der Waals surface area contributed by atoms with Crippen molar-refractivity contribution in [3.63, 3.8) is 0 Å². The highest BCUT2D eigenvalue weighted by molar-refractivity contribution is 7.26. The van der Waals surface area contributed by atoms with Gasteiger partial charge >= 0.3 is 0 Å². The fourth-order valence-corrected chi connectivity index (χ4v) is 10.1. The van der Waals surface area contributed by atoms with Crippen LogP contribution in [0.1, 0.15) is 0 Å². The van der Waals surface area contributed by atoms with Gasteiger partial charge in [-0.05, 0) is 81.9 Å². The first-order valence-corrected chi connectivity index (χ1v) is 20.4. The van der Waals surface area contributed by atoms with E-state index in [0.29, 0.717) is 0 Å². The summed E-state index contributed by atoms with van der Waals surface area (Å²) in [4.78, 5) is 2.44. The van der Waals surface area contributed by atoms with Crippen LogP contribution in [-0.2, 0) is 0 Å². The Labute approximate surface area is 338 Å². The van der Waals surface area contributed by atoms with Crippen molar-refractivity contribution in [1.29, 1.82) is 0 Å². The van der Waals surface area contributed by atoms with Gasteiger partial charge in [-0.2, -0.15) is 0 Å².